The number of carboxylic acid groups (broad SMARTS) is 1. The van der Waals surface area contributed by atoms with Gasteiger partial charge >= 0.3 is 5.97 Å². The first-order chi connectivity index (χ1) is 9.45. The van der Waals surface area contributed by atoms with Crippen LogP contribution in [0.4, 0.5) is 0 Å². The Morgan fingerprint density at radius 3 is 2.70 bits per heavy atom. The minimum Gasteiger partial charge on any atom is -0.479 e. The molecule has 0 aliphatic carbocycles. The summed E-state index contributed by atoms with van der Waals surface area (Å²) in [5, 5.41) is 9.66. The van der Waals surface area contributed by atoms with Crippen molar-refractivity contribution in [2.45, 2.75) is 25.9 Å². The van der Waals surface area contributed by atoms with E-state index in [1.165, 1.54) is 17.0 Å². The van der Waals surface area contributed by atoms with Crippen LogP contribution in [0.15, 0.2) is 12.1 Å². The van der Waals surface area contributed by atoms with E-state index < -0.39 is 12.0 Å². The number of halogens is 1. The van der Waals surface area contributed by atoms with Crippen LogP contribution < -0.4 is 9.47 Å². The van der Waals surface area contributed by atoms with Gasteiger partial charge < -0.3 is 19.5 Å². The third kappa shape index (κ3) is 2.51. The van der Waals surface area contributed by atoms with Gasteiger partial charge in [0.2, 0.25) is 13.2 Å². The summed E-state index contributed by atoms with van der Waals surface area (Å²) in [5.41, 5.74) is 0.368. The highest BCUT2D eigenvalue weighted by molar-refractivity contribution is 6.32. The molecule has 0 saturated heterocycles. The highest BCUT2D eigenvalue weighted by Crippen LogP contribution is 2.41. The van der Waals surface area contributed by atoms with Gasteiger partial charge in [-0.3, -0.25) is 4.79 Å². The summed E-state index contributed by atoms with van der Waals surface area (Å²) in [7, 11) is 0. The molecular formula is C13H14ClNO5. The number of carbonyl (C=O) groups excluding carboxylic acids is 1. The maximum absolute atomic E-state index is 11.5. The van der Waals surface area contributed by atoms with Crippen LogP contribution in [0.2, 0.25) is 5.02 Å². The fourth-order valence-corrected chi connectivity index (χ4v) is 2.34. The average Bonchev–Trinajstić information content (AvgIpc) is 2.83. The fourth-order valence-electron chi connectivity index (χ4n) is 2.07. The van der Waals surface area contributed by atoms with E-state index in [-0.39, 0.29) is 17.9 Å². The molecule has 1 aliphatic rings. The molecule has 1 atom stereocenters. The van der Waals surface area contributed by atoms with E-state index >= 15 is 0 Å². The Morgan fingerprint density at radius 2 is 2.15 bits per heavy atom. The monoisotopic (exact) mass is 299 g/mol. The van der Waals surface area contributed by atoms with E-state index in [1.807, 2.05) is 0 Å². The second-order valence-corrected chi connectivity index (χ2v) is 5.03. The van der Waals surface area contributed by atoms with Gasteiger partial charge in [0.1, 0.15) is 0 Å². The smallest absolute Gasteiger partial charge is 0.331 e. The number of hydrogen-bond acceptors (Lipinski definition) is 4. The van der Waals surface area contributed by atoms with Crippen molar-refractivity contribution in [2.24, 2.45) is 0 Å². The predicted octanol–water partition coefficient (Wildman–Crippen LogP) is 2.06. The molecule has 0 radical (unpaired) electrons. The van der Waals surface area contributed by atoms with E-state index in [4.69, 9.17) is 21.1 Å². The van der Waals surface area contributed by atoms with Crippen LogP contribution >= 0.6 is 11.6 Å². The van der Waals surface area contributed by atoms with Crippen molar-refractivity contribution < 1.29 is 24.2 Å². The molecule has 0 spiro atoms. The molecule has 6 nitrogen and oxygen atoms in total. The Balaban J connectivity index is 2.47. The summed E-state index contributed by atoms with van der Waals surface area (Å²) in [4.78, 5) is 23.9. The summed E-state index contributed by atoms with van der Waals surface area (Å²) >= 11 is 6.05. The molecule has 1 aromatic carbocycles. The largest absolute Gasteiger partial charge is 0.479 e. The van der Waals surface area contributed by atoms with Crippen molar-refractivity contribution in [3.05, 3.63) is 22.7 Å². The summed E-state index contributed by atoms with van der Waals surface area (Å²) < 4.78 is 10.4. The zero-order valence-corrected chi connectivity index (χ0v) is 11.8. The second kappa shape index (κ2) is 5.58. The molecule has 0 saturated carbocycles. The molecular weight excluding hydrogens is 286 g/mol. The zero-order valence-electron chi connectivity index (χ0n) is 11.0. The lowest BCUT2D eigenvalue weighted by atomic mass is 10.0. The molecule has 1 amide bonds. The molecule has 108 valence electrons. The van der Waals surface area contributed by atoms with Crippen LogP contribution in [0.5, 0.6) is 11.5 Å². The first kappa shape index (κ1) is 14.5. The minimum atomic E-state index is -1.14. The van der Waals surface area contributed by atoms with Crippen molar-refractivity contribution in [3.63, 3.8) is 0 Å². The molecule has 20 heavy (non-hydrogen) atoms. The Bertz CT molecular complexity index is 546. The fraction of sp³-hybridized carbons (Fsp3) is 0.385. The lowest BCUT2D eigenvalue weighted by molar-refractivity contribution is -0.147. The van der Waals surface area contributed by atoms with E-state index in [2.05, 4.69) is 0 Å². The maximum Gasteiger partial charge on any atom is 0.331 e. The van der Waals surface area contributed by atoms with Gasteiger partial charge in [0.25, 0.3) is 0 Å². The van der Waals surface area contributed by atoms with Crippen LogP contribution in [0.3, 0.4) is 0 Å². The molecule has 1 heterocycles. The first-order valence-corrected chi connectivity index (χ1v) is 6.38. The number of carbonyl (C=O) groups is 2. The van der Waals surface area contributed by atoms with Gasteiger partial charge in [0.15, 0.2) is 17.5 Å². The molecule has 7 heteroatoms. The topological polar surface area (TPSA) is 76.1 Å². The SMILES string of the molecule is CC(C)N(C=O)C(C(=O)O)c1cc(Cl)c2c(c1)OCO2. The van der Waals surface area contributed by atoms with Gasteiger partial charge in [-0.25, -0.2) is 4.79 Å². The van der Waals surface area contributed by atoms with Crippen LogP contribution in [0.1, 0.15) is 25.5 Å². The predicted molar refractivity (Wildman–Crippen MR) is 71.0 cm³/mol. The van der Waals surface area contributed by atoms with Gasteiger partial charge in [-0.15, -0.1) is 0 Å². The molecule has 2 rings (SSSR count). The standard InChI is InChI=1S/C13H14ClNO5/c1-7(2)15(5-16)11(13(17)18)8-3-9(14)12-10(4-8)19-6-20-12/h3-5,7,11H,6H2,1-2H3,(H,17,18). The third-order valence-corrected chi connectivity index (χ3v) is 3.30. The van der Waals surface area contributed by atoms with Crippen LogP contribution in [-0.2, 0) is 9.59 Å². The average molecular weight is 300 g/mol. The number of nitrogens with zero attached hydrogens (tertiary/aromatic N) is 1. The van der Waals surface area contributed by atoms with Crippen molar-refractivity contribution in [1.29, 1.82) is 0 Å². The van der Waals surface area contributed by atoms with Crippen molar-refractivity contribution in [2.75, 3.05) is 6.79 Å². The van der Waals surface area contributed by atoms with E-state index in [0.29, 0.717) is 23.5 Å². The number of ether oxygens (including phenoxy) is 2. The Hall–Kier alpha value is -1.95. The van der Waals surface area contributed by atoms with Gasteiger partial charge in [0.05, 0.1) is 5.02 Å². The third-order valence-electron chi connectivity index (χ3n) is 3.02. The Labute approximate surface area is 120 Å². The van der Waals surface area contributed by atoms with Gasteiger partial charge in [-0.2, -0.15) is 0 Å². The number of aliphatic carboxylic acids is 1. The molecule has 1 unspecified atom stereocenters. The molecule has 0 fully saturated rings. The highest BCUT2D eigenvalue weighted by Gasteiger charge is 2.31. The number of benzene rings is 1. The number of amides is 1. The molecule has 1 aliphatic heterocycles. The second-order valence-electron chi connectivity index (χ2n) is 4.62. The van der Waals surface area contributed by atoms with Crippen molar-refractivity contribution in [3.8, 4) is 11.5 Å². The summed E-state index contributed by atoms with van der Waals surface area (Å²) in [6, 6.07) is 1.62. The molecule has 1 N–H and O–H groups in total. The zero-order chi connectivity index (χ0) is 14.9. The van der Waals surface area contributed by atoms with Crippen LogP contribution in [0, 0.1) is 0 Å². The van der Waals surface area contributed by atoms with E-state index in [1.54, 1.807) is 13.8 Å². The highest BCUT2D eigenvalue weighted by atomic mass is 35.5. The van der Waals surface area contributed by atoms with Gasteiger partial charge in [0, 0.05) is 6.04 Å². The number of fused-ring (bicyclic) bond motifs is 1. The van der Waals surface area contributed by atoms with E-state index in [9.17, 15) is 14.7 Å². The summed E-state index contributed by atoms with van der Waals surface area (Å²) in [6.07, 6.45) is 0.516. The minimum absolute atomic E-state index is 0.0395. The van der Waals surface area contributed by atoms with Crippen molar-refractivity contribution >= 4 is 24.0 Å². The van der Waals surface area contributed by atoms with Crippen molar-refractivity contribution in [1.82, 2.24) is 4.90 Å². The first-order valence-electron chi connectivity index (χ1n) is 6.00. The summed E-state index contributed by atoms with van der Waals surface area (Å²) in [5.74, 6) is -0.365. The Kier molecular flexibility index (Phi) is 4.04. The van der Waals surface area contributed by atoms with E-state index in [0.717, 1.165) is 0 Å². The van der Waals surface area contributed by atoms with Crippen LogP contribution in [0.25, 0.3) is 0 Å². The molecule has 1 aromatic rings. The molecule has 0 aromatic heterocycles. The quantitative estimate of drug-likeness (QED) is 0.842. The maximum atomic E-state index is 11.5. The normalized spacial score (nSPS) is 14.2. The lowest BCUT2D eigenvalue weighted by Gasteiger charge is -2.29. The summed E-state index contributed by atoms with van der Waals surface area (Å²) in [6.45, 7) is 3.51. The number of hydrogen-bond donors (Lipinski definition) is 1. The number of carboxylic acids is 1. The van der Waals surface area contributed by atoms with Gasteiger partial charge in [-0.1, -0.05) is 11.6 Å². The number of rotatable bonds is 5. The molecule has 0 bridgehead atoms. The Morgan fingerprint density at radius 1 is 1.45 bits per heavy atom. The lowest BCUT2D eigenvalue weighted by Crippen LogP contribution is -2.38. The van der Waals surface area contributed by atoms with Crippen LogP contribution in [-0.4, -0.2) is 35.2 Å². The van der Waals surface area contributed by atoms with Gasteiger partial charge in [-0.05, 0) is 31.5 Å².